The normalized spacial score (nSPS) is 17.4. The Labute approximate surface area is 159 Å². The molecule has 0 spiro atoms. The summed E-state index contributed by atoms with van der Waals surface area (Å²) in [6, 6.07) is 12.9. The van der Waals surface area contributed by atoms with Crippen LogP contribution in [0.25, 0.3) is 0 Å². The van der Waals surface area contributed by atoms with Crippen LogP contribution in [-0.4, -0.2) is 38.1 Å². The lowest BCUT2D eigenvalue weighted by atomic mass is 10.1. The summed E-state index contributed by atoms with van der Waals surface area (Å²) in [5.41, 5.74) is 1.94. The predicted octanol–water partition coefficient (Wildman–Crippen LogP) is 2.33. The van der Waals surface area contributed by atoms with E-state index in [1.165, 1.54) is 16.4 Å². The van der Waals surface area contributed by atoms with Crippen LogP contribution in [0, 0.1) is 0 Å². The van der Waals surface area contributed by atoms with E-state index in [9.17, 15) is 18.3 Å². The number of aliphatic hydroxyl groups excluding tert-OH is 1. The first-order valence-corrected chi connectivity index (χ1v) is 10.5. The Hall–Kier alpha value is -2.38. The molecule has 1 amide bonds. The van der Waals surface area contributed by atoms with Crippen LogP contribution in [0.4, 0.5) is 5.69 Å². The van der Waals surface area contributed by atoms with Gasteiger partial charge in [0.05, 0.1) is 23.2 Å². The number of nitrogens with zero attached hydrogens (tertiary/aromatic N) is 1. The van der Waals surface area contributed by atoms with Gasteiger partial charge in [0, 0.05) is 11.6 Å². The standard InChI is InChI=1S/C20H24N2O4S/c1-3-17(13-23)21-20(24)16-8-6-9-18(12-16)27(25,26)22-14(2)11-15-7-4-5-10-19(15)22/h4-10,12,14,17,23H,3,11,13H2,1-2H3,(H,21,24)/t14-,17+/m1/s1. The third-order valence-electron chi connectivity index (χ3n) is 4.85. The van der Waals surface area contributed by atoms with Crippen molar-refractivity contribution in [2.24, 2.45) is 0 Å². The first-order valence-electron chi connectivity index (χ1n) is 9.02. The second-order valence-electron chi connectivity index (χ2n) is 6.77. The van der Waals surface area contributed by atoms with Crippen molar-refractivity contribution in [3.63, 3.8) is 0 Å². The Morgan fingerprint density at radius 2 is 2.00 bits per heavy atom. The first kappa shape index (κ1) is 19.4. The van der Waals surface area contributed by atoms with E-state index in [1.807, 2.05) is 32.0 Å². The summed E-state index contributed by atoms with van der Waals surface area (Å²) in [6.45, 7) is 3.57. The van der Waals surface area contributed by atoms with Crippen molar-refractivity contribution in [3.8, 4) is 0 Å². The lowest BCUT2D eigenvalue weighted by molar-refractivity contribution is 0.0914. The Kier molecular flexibility index (Phi) is 5.53. The maximum Gasteiger partial charge on any atom is 0.264 e. The van der Waals surface area contributed by atoms with E-state index >= 15 is 0 Å². The Balaban J connectivity index is 1.94. The lowest BCUT2D eigenvalue weighted by Crippen LogP contribution is -2.37. The molecule has 0 aliphatic carbocycles. The van der Waals surface area contributed by atoms with E-state index in [2.05, 4.69) is 5.32 Å². The van der Waals surface area contributed by atoms with E-state index in [0.29, 0.717) is 18.5 Å². The van der Waals surface area contributed by atoms with Gasteiger partial charge >= 0.3 is 0 Å². The molecule has 0 bridgehead atoms. The Morgan fingerprint density at radius 1 is 1.26 bits per heavy atom. The van der Waals surface area contributed by atoms with Crippen LogP contribution in [0.1, 0.15) is 36.2 Å². The van der Waals surface area contributed by atoms with Gasteiger partial charge < -0.3 is 10.4 Å². The fourth-order valence-corrected chi connectivity index (χ4v) is 5.10. The highest BCUT2D eigenvalue weighted by molar-refractivity contribution is 7.92. The summed E-state index contributed by atoms with van der Waals surface area (Å²) >= 11 is 0. The number of aliphatic hydroxyl groups is 1. The van der Waals surface area contributed by atoms with Crippen LogP contribution >= 0.6 is 0 Å². The number of fused-ring (bicyclic) bond motifs is 1. The number of sulfonamides is 1. The van der Waals surface area contributed by atoms with Gasteiger partial charge in [-0.3, -0.25) is 9.10 Å². The highest BCUT2D eigenvalue weighted by atomic mass is 32.2. The third kappa shape index (κ3) is 3.70. The molecule has 0 unspecified atom stereocenters. The van der Waals surface area contributed by atoms with Crippen molar-refractivity contribution in [1.29, 1.82) is 0 Å². The number of hydrogen-bond acceptors (Lipinski definition) is 4. The van der Waals surface area contributed by atoms with Crippen LogP contribution in [0.3, 0.4) is 0 Å². The van der Waals surface area contributed by atoms with Gasteiger partial charge in [-0.1, -0.05) is 31.2 Å². The molecule has 2 atom stereocenters. The molecule has 0 saturated heterocycles. The van der Waals surface area contributed by atoms with E-state index in [1.54, 1.807) is 18.2 Å². The minimum Gasteiger partial charge on any atom is -0.394 e. The third-order valence-corrected chi connectivity index (χ3v) is 6.77. The zero-order valence-corrected chi connectivity index (χ0v) is 16.2. The molecule has 0 saturated carbocycles. The summed E-state index contributed by atoms with van der Waals surface area (Å²) < 4.78 is 28.0. The molecular weight excluding hydrogens is 364 g/mol. The second-order valence-corrected chi connectivity index (χ2v) is 8.59. The largest absolute Gasteiger partial charge is 0.394 e. The summed E-state index contributed by atoms with van der Waals surface area (Å²) in [5.74, 6) is -0.400. The highest BCUT2D eigenvalue weighted by Crippen LogP contribution is 2.36. The molecule has 0 fully saturated rings. The quantitative estimate of drug-likeness (QED) is 0.795. The van der Waals surface area contributed by atoms with E-state index in [-0.39, 0.29) is 29.1 Å². The number of benzene rings is 2. The Morgan fingerprint density at radius 3 is 2.70 bits per heavy atom. The lowest BCUT2D eigenvalue weighted by Gasteiger charge is -2.24. The van der Waals surface area contributed by atoms with Gasteiger partial charge in [-0.2, -0.15) is 0 Å². The number of para-hydroxylation sites is 1. The second kappa shape index (κ2) is 7.70. The van der Waals surface area contributed by atoms with E-state index in [4.69, 9.17) is 0 Å². The minimum absolute atomic E-state index is 0.0794. The number of hydrogen-bond donors (Lipinski definition) is 2. The molecule has 27 heavy (non-hydrogen) atoms. The summed E-state index contributed by atoms with van der Waals surface area (Å²) in [6.07, 6.45) is 1.24. The van der Waals surface area contributed by atoms with Gasteiger partial charge in [0.25, 0.3) is 15.9 Å². The van der Waals surface area contributed by atoms with Gasteiger partial charge in [0.15, 0.2) is 0 Å². The zero-order chi connectivity index (χ0) is 19.6. The van der Waals surface area contributed by atoms with E-state index < -0.39 is 15.9 Å². The zero-order valence-electron chi connectivity index (χ0n) is 15.4. The van der Waals surface area contributed by atoms with Gasteiger partial charge in [0.1, 0.15) is 0 Å². The molecule has 0 aromatic heterocycles. The van der Waals surface area contributed by atoms with Crippen molar-refractivity contribution >= 4 is 21.6 Å². The molecule has 0 radical (unpaired) electrons. The van der Waals surface area contributed by atoms with Crippen molar-refractivity contribution in [2.45, 2.75) is 43.7 Å². The van der Waals surface area contributed by atoms with Crippen LogP contribution in [0.15, 0.2) is 53.4 Å². The minimum atomic E-state index is -3.79. The average Bonchev–Trinajstić information content (AvgIpc) is 3.02. The maximum atomic E-state index is 13.3. The number of nitrogens with one attached hydrogen (secondary N) is 1. The number of anilines is 1. The molecule has 2 N–H and O–H groups in total. The SMILES string of the molecule is CC[C@@H](CO)NC(=O)c1cccc(S(=O)(=O)N2c3ccccc3C[C@H]2C)c1. The number of carbonyl (C=O) groups is 1. The molecule has 2 aromatic carbocycles. The summed E-state index contributed by atoms with van der Waals surface area (Å²) in [7, 11) is -3.79. The summed E-state index contributed by atoms with van der Waals surface area (Å²) in [4.78, 5) is 12.5. The van der Waals surface area contributed by atoms with Gasteiger partial charge in [-0.25, -0.2) is 8.42 Å². The predicted molar refractivity (Wildman–Crippen MR) is 104 cm³/mol. The van der Waals surface area contributed by atoms with E-state index in [0.717, 1.165) is 5.56 Å². The van der Waals surface area contributed by atoms with Crippen molar-refractivity contribution in [3.05, 3.63) is 59.7 Å². The van der Waals surface area contributed by atoms with Gasteiger partial charge in [-0.15, -0.1) is 0 Å². The van der Waals surface area contributed by atoms with Crippen LogP contribution in [0.5, 0.6) is 0 Å². The van der Waals surface area contributed by atoms with Gasteiger partial charge in [-0.05, 0) is 49.6 Å². The maximum absolute atomic E-state index is 13.3. The fraction of sp³-hybridized carbons (Fsp3) is 0.350. The average molecular weight is 388 g/mol. The van der Waals surface area contributed by atoms with Crippen molar-refractivity contribution in [2.75, 3.05) is 10.9 Å². The molecule has 1 aliphatic rings. The molecule has 6 nitrogen and oxygen atoms in total. The molecule has 1 aliphatic heterocycles. The Bertz CT molecular complexity index is 939. The molecule has 1 heterocycles. The topological polar surface area (TPSA) is 86.7 Å². The molecule has 7 heteroatoms. The van der Waals surface area contributed by atoms with Crippen molar-refractivity contribution < 1.29 is 18.3 Å². The van der Waals surface area contributed by atoms with Gasteiger partial charge in [0.2, 0.25) is 0 Å². The number of rotatable bonds is 6. The molecular formula is C20H24N2O4S. The smallest absolute Gasteiger partial charge is 0.264 e. The van der Waals surface area contributed by atoms with Crippen molar-refractivity contribution in [1.82, 2.24) is 5.32 Å². The summed E-state index contributed by atoms with van der Waals surface area (Å²) in [5, 5.41) is 12.0. The number of carbonyl (C=O) groups excluding carboxylic acids is 1. The molecule has 2 aromatic rings. The van der Waals surface area contributed by atoms with Crippen LogP contribution in [-0.2, 0) is 16.4 Å². The van der Waals surface area contributed by atoms with Crippen LogP contribution < -0.4 is 9.62 Å². The highest BCUT2D eigenvalue weighted by Gasteiger charge is 2.36. The number of amides is 1. The monoisotopic (exact) mass is 388 g/mol. The molecule has 3 rings (SSSR count). The molecule has 144 valence electrons. The fourth-order valence-electron chi connectivity index (χ4n) is 3.36. The van der Waals surface area contributed by atoms with Crippen LogP contribution in [0.2, 0.25) is 0 Å². The first-order chi connectivity index (χ1) is 12.9.